The summed E-state index contributed by atoms with van der Waals surface area (Å²) in [5.74, 6) is 0.956. The smallest absolute Gasteiger partial charge is 0.123 e. The summed E-state index contributed by atoms with van der Waals surface area (Å²) in [6.45, 7) is 4.31. The summed E-state index contributed by atoms with van der Waals surface area (Å²) in [7, 11) is 3.54. The lowest BCUT2D eigenvalue weighted by Crippen LogP contribution is -2.38. The third-order valence-corrected chi connectivity index (χ3v) is 4.07. The van der Waals surface area contributed by atoms with E-state index in [0.717, 1.165) is 12.2 Å². The van der Waals surface area contributed by atoms with Crippen molar-refractivity contribution in [3.63, 3.8) is 0 Å². The summed E-state index contributed by atoms with van der Waals surface area (Å²) >= 11 is 0. The van der Waals surface area contributed by atoms with Gasteiger partial charge in [0.2, 0.25) is 0 Å². The molecule has 106 valence electrons. The van der Waals surface area contributed by atoms with Gasteiger partial charge < -0.3 is 14.8 Å². The van der Waals surface area contributed by atoms with Crippen LogP contribution in [0, 0.1) is 6.92 Å². The largest absolute Gasteiger partial charge is 0.496 e. The Labute approximate surface area is 116 Å². The van der Waals surface area contributed by atoms with Crippen molar-refractivity contribution in [2.24, 2.45) is 0 Å². The van der Waals surface area contributed by atoms with Crippen LogP contribution in [0.2, 0.25) is 0 Å². The predicted molar refractivity (Wildman–Crippen MR) is 77.7 cm³/mol. The molecule has 0 saturated heterocycles. The van der Waals surface area contributed by atoms with Crippen molar-refractivity contribution < 1.29 is 9.47 Å². The van der Waals surface area contributed by atoms with Crippen molar-refractivity contribution in [3.8, 4) is 5.75 Å². The topological polar surface area (TPSA) is 30.5 Å². The van der Waals surface area contributed by atoms with Crippen LogP contribution in [-0.4, -0.2) is 26.4 Å². The quantitative estimate of drug-likeness (QED) is 0.884. The maximum absolute atomic E-state index is 5.55. The standard InChI is InChI=1S/C16H25NO2/c1-11-8-9-15(18-3)13(10-11)12(2)17-14-6-5-7-16(14)19-4/h8-10,12,14,16-17H,5-7H2,1-4H3. The first-order chi connectivity index (χ1) is 9.15. The zero-order chi connectivity index (χ0) is 13.8. The van der Waals surface area contributed by atoms with Crippen LogP contribution in [0.15, 0.2) is 18.2 Å². The number of aryl methyl sites for hydroxylation is 1. The molecule has 3 atom stereocenters. The van der Waals surface area contributed by atoms with Crippen LogP contribution in [0.3, 0.4) is 0 Å². The average Bonchev–Trinajstić information content (AvgIpc) is 2.85. The molecule has 3 heteroatoms. The molecule has 0 amide bonds. The van der Waals surface area contributed by atoms with Gasteiger partial charge in [-0.05, 0) is 39.2 Å². The fourth-order valence-corrected chi connectivity index (χ4v) is 3.00. The van der Waals surface area contributed by atoms with Gasteiger partial charge in [0.1, 0.15) is 5.75 Å². The average molecular weight is 263 g/mol. The molecule has 0 aliphatic heterocycles. The first-order valence-electron chi connectivity index (χ1n) is 7.09. The second kappa shape index (κ2) is 6.40. The van der Waals surface area contributed by atoms with Gasteiger partial charge in [0.25, 0.3) is 0 Å². The summed E-state index contributed by atoms with van der Waals surface area (Å²) in [4.78, 5) is 0. The van der Waals surface area contributed by atoms with E-state index in [1.807, 2.05) is 13.2 Å². The normalized spacial score (nSPS) is 24.4. The lowest BCUT2D eigenvalue weighted by atomic mass is 10.0. The van der Waals surface area contributed by atoms with Crippen molar-refractivity contribution in [1.29, 1.82) is 0 Å². The van der Waals surface area contributed by atoms with Crippen LogP contribution >= 0.6 is 0 Å². The van der Waals surface area contributed by atoms with Gasteiger partial charge in [0, 0.05) is 24.8 Å². The molecular formula is C16H25NO2. The van der Waals surface area contributed by atoms with E-state index in [0.29, 0.717) is 12.1 Å². The van der Waals surface area contributed by atoms with Gasteiger partial charge in [-0.2, -0.15) is 0 Å². The van der Waals surface area contributed by atoms with Crippen molar-refractivity contribution in [3.05, 3.63) is 29.3 Å². The maximum Gasteiger partial charge on any atom is 0.123 e. The molecule has 1 aliphatic carbocycles. The fraction of sp³-hybridized carbons (Fsp3) is 0.625. The van der Waals surface area contributed by atoms with Crippen molar-refractivity contribution in [2.75, 3.05) is 14.2 Å². The minimum absolute atomic E-state index is 0.274. The van der Waals surface area contributed by atoms with E-state index >= 15 is 0 Å². The Morgan fingerprint density at radius 1 is 1.26 bits per heavy atom. The van der Waals surface area contributed by atoms with Crippen LogP contribution in [0.1, 0.15) is 43.4 Å². The molecule has 0 aromatic heterocycles. The van der Waals surface area contributed by atoms with Crippen LogP contribution in [-0.2, 0) is 4.74 Å². The summed E-state index contributed by atoms with van der Waals surface area (Å²) in [5, 5.41) is 3.69. The first-order valence-corrected chi connectivity index (χ1v) is 7.09. The van der Waals surface area contributed by atoms with Crippen LogP contribution in [0.25, 0.3) is 0 Å². The van der Waals surface area contributed by atoms with E-state index in [9.17, 15) is 0 Å². The Kier molecular flexibility index (Phi) is 4.83. The van der Waals surface area contributed by atoms with Crippen molar-refractivity contribution in [2.45, 2.75) is 51.3 Å². The van der Waals surface area contributed by atoms with Crippen molar-refractivity contribution >= 4 is 0 Å². The number of hydrogen-bond acceptors (Lipinski definition) is 3. The summed E-state index contributed by atoms with van der Waals surface area (Å²) < 4.78 is 11.0. The summed E-state index contributed by atoms with van der Waals surface area (Å²) in [6.07, 6.45) is 3.94. The van der Waals surface area contributed by atoms with Gasteiger partial charge in [-0.25, -0.2) is 0 Å². The van der Waals surface area contributed by atoms with E-state index < -0.39 is 0 Å². The highest BCUT2D eigenvalue weighted by Gasteiger charge is 2.28. The highest BCUT2D eigenvalue weighted by molar-refractivity contribution is 5.39. The van der Waals surface area contributed by atoms with Gasteiger partial charge in [-0.15, -0.1) is 0 Å². The monoisotopic (exact) mass is 263 g/mol. The molecule has 19 heavy (non-hydrogen) atoms. The second-order valence-corrected chi connectivity index (χ2v) is 5.45. The van der Waals surface area contributed by atoms with Crippen LogP contribution in [0.4, 0.5) is 0 Å². The fourth-order valence-electron chi connectivity index (χ4n) is 3.00. The van der Waals surface area contributed by atoms with Crippen molar-refractivity contribution in [1.82, 2.24) is 5.32 Å². The predicted octanol–water partition coefficient (Wildman–Crippen LogP) is 3.22. The Balaban J connectivity index is 2.11. The number of rotatable bonds is 5. The minimum atomic E-state index is 0.274. The molecule has 0 radical (unpaired) electrons. The number of nitrogens with one attached hydrogen (secondary N) is 1. The first kappa shape index (κ1) is 14.4. The molecule has 2 rings (SSSR count). The van der Waals surface area contributed by atoms with Crippen LogP contribution < -0.4 is 10.1 Å². The number of benzene rings is 1. The summed E-state index contributed by atoms with van der Waals surface area (Å²) in [6, 6.07) is 7.06. The lowest BCUT2D eigenvalue weighted by molar-refractivity contribution is 0.0818. The van der Waals surface area contributed by atoms with Gasteiger partial charge in [-0.3, -0.25) is 0 Å². The Morgan fingerprint density at radius 3 is 2.74 bits per heavy atom. The van der Waals surface area contributed by atoms with Gasteiger partial charge in [0.05, 0.1) is 13.2 Å². The highest BCUT2D eigenvalue weighted by atomic mass is 16.5. The lowest BCUT2D eigenvalue weighted by Gasteiger charge is -2.25. The zero-order valence-corrected chi connectivity index (χ0v) is 12.4. The third-order valence-electron chi connectivity index (χ3n) is 4.07. The van der Waals surface area contributed by atoms with Crippen LogP contribution in [0.5, 0.6) is 5.75 Å². The SMILES string of the molecule is COc1ccc(C)cc1C(C)NC1CCCC1OC. The highest BCUT2D eigenvalue weighted by Crippen LogP contribution is 2.29. The Morgan fingerprint density at radius 2 is 2.05 bits per heavy atom. The molecule has 1 aromatic rings. The van der Waals surface area contributed by atoms with E-state index in [-0.39, 0.29) is 6.04 Å². The molecule has 3 nitrogen and oxygen atoms in total. The Bertz CT molecular complexity index is 419. The molecule has 3 unspecified atom stereocenters. The maximum atomic E-state index is 5.55. The van der Waals surface area contributed by atoms with Gasteiger partial charge in [0.15, 0.2) is 0 Å². The van der Waals surface area contributed by atoms with E-state index in [4.69, 9.17) is 9.47 Å². The van der Waals surface area contributed by atoms with Gasteiger partial charge >= 0.3 is 0 Å². The van der Waals surface area contributed by atoms with E-state index in [2.05, 4.69) is 31.3 Å². The molecule has 1 aromatic carbocycles. The molecule has 1 fully saturated rings. The molecule has 1 N–H and O–H groups in total. The second-order valence-electron chi connectivity index (χ2n) is 5.45. The molecular weight excluding hydrogens is 238 g/mol. The van der Waals surface area contributed by atoms with Gasteiger partial charge in [-0.1, -0.05) is 17.7 Å². The molecule has 1 aliphatic rings. The van der Waals surface area contributed by atoms with E-state index in [1.165, 1.54) is 24.0 Å². The molecule has 0 spiro atoms. The minimum Gasteiger partial charge on any atom is -0.496 e. The number of ether oxygens (including phenoxy) is 2. The molecule has 0 heterocycles. The zero-order valence-electron chi connectivity index (χ0n) is 12.4. The third kappa shape index (κ3) is 3.28. The number of methoxy groups -OCH3 is 2. The Hall–Kier alpha value is -1.06. The number of hydrogen-bond donors (Lipinski definition) is 1. The van der Waals surface area contributed by atoms with E-state index in [1.54, 1.807) is 7.11 Å². The summed E-state index contributed by atoms with van der Waals surface area (Å²) in [5.41, 5.74) is 2.49. The molecule has 1 saturated carbocycles. The molecule has 0 bridgehead atoms.